The minimum atomic E-state index is -4.77. The fourth-order valence-corrected chi connectivity index (χ4v) is 8.66. The van der Waals surface area contributed by atoms with E-state index in [1.54, 1.807) is 0 Å². The molecule has 0 saturated heterocycles. The summed E-state index contributed by atoms with van der Waals surface area (Å²) >= 11 is 0. The molecule has 0 saturated carbocycles. The van der Waals surface area contributed by atoms with Crippen LogP contribution in [-0.2, 0) is 42.2 Å². The zero-order valence-corrected chi connectivity index (χ0v) is 49.1. The Morgan fingerprint density at radius 2 is 0.684 bits per heavy atom. The fraction of sp³-hybridized carbons (Fsp3) is 0.703. The van der Waals surface area contributed by atoms with E-state index in [1.807, 2.05) is 0 Å². The number of carbonyl (C=O) groups excluding carboxylic acids is 3. The van der Waals surface area contributed by atoms with Gasteiger partial charge < -0.3 is 24.2 Å². The smallest absolute Gasteiger partial charge is 0.462 e. The molecule has 0 spiro atoms. The molecule has 0 rings (SSSR count). The van der Waals surface area contributed by atoms with Gasteiger partial charge in [-0.05, 0) is 122 Å². The SMILES string of the molecule is CC/C=C\C/C=C\C/C=C\C/C=C\CCCCC(=O)OC(CO)COP(=O)(O)OCC(COC(=O)CCCCCCC/C=C\C/C=C\CCCCC)OC(=O)CCCCCCCCCCC/C=C\C/C=C\CCCCC. The third-order valence-corrected chi connectivity index (χ3v) is 13.4. The van der Waals surface area contributed by atoms with E-state index < -0.39 is 57.8 Å². The molecule has 0 aliphatic heterocycles. The highest BCUT2D eigenvalue weighted by atomic mass is 31.2. The average molecular weight is 1090 g/mol. The lowest BCUT2D eigenvalue weighted by molar-refractivity contribution is -0.161. The van der Waals surface area contributed by atoms with E-state index in [9.17, 15) is 28.9 Å². The summed E-state index contributed by atoms with van der Waals surface area (Å²) in [5, 5.41) is 9.82. The second kappa shape index (κ2) is 57.6. The van der Waals surface area contributed by atoms with E-state index in [0.717, 1.165) is 116 Å². The summed E-state index contributed by atoms with van der Waals surface area (Å²) < 4.78 is 39.5. The van der Waals surface area contributed by atoms with Gasteiger partial charge in [0.05, 0.1) is 19.8 Å². The third-order valence-electron chi connectivity index (χ3n) is 12.5. The third kappa shape index (κ3) is 55.2. The van der Waals surface area contributed by atoms with Crippen molar-refractivity contribution in [3.63, 3.8) is 0 Å². The number of hydrogen-bond acceptors (Lipinski definition) is 10. The summed E-state index contributed by atoms with van der Waals surface area (Å²) in [4.78, 5) is 48.6. The first-order valence-corrected chi connectivity index (χ1v) is 31.6. The van der Waals surface area contributed by atoms with Crippen LogP contribution in [0.1, 0.15) is 252 Å². The molecule has 11 nitrogen and oxygen atoms in total. The van der Waals surface area contributed by atoms with Crippen LogP contribution >= 0.6 is 7.82 Å². The fourth-order valence-electron chi connectivity index (χ4n) is 7.88. The topological polar surface area (TPSA) is 155 Å². The van der Waals surface area contributed by atoms with Gasteiger partial charge in [0.2, 0.25) is 0 Å². The average Bonchev–Trinajstić information content (AvgIpc) is 3.41. The molecule has 2 N–H and O–H groups in total. The zero-order valence-electron chi connectivity index (χ0n) is 48.2. The Hall–Kier alpha value is -3.60. The van der Waals surface area contributed by atoms with E-state index in [1.165, 1.54) is 77.0 Å². The number of ether oxygens (including phenoxy) is 3. The molecule has 3 atom stereocenters. The Balaban J connectivity index is 4.78. The Bertz CT molecular complexity index is 1640. The number of carbonyl (C=O) groups is 3. The zero-order chi connectivity index (χ0) is 55.5. The number of phosphoric ester groups is 1. The molecule has 3 unspecified atom stereocenters. The van der Waals surface area contributed by atoms with Gasteiger partial charge in [-0.1, -0.05) is 208 Å². The highest BCUT2D eigenvalue weighted by molar-refractivity contribution is 7.47. The molecule has 76 heavy (non-hydrogen) atoms. The van der Waals surface area contributed by atoms with Crippen LogP contribution in [0.15, 0.2) is 97.2 Å². The van der Waals surface area contributed by atoms with Gasteiger partial charge in [0.1, 0.15) is 12.7 Å². The first kappa shape index (κ1) is 72.4. The number of esters is 3. The molecule has 12 heteroatoms. The predicted octanol–water partition coefficient (Wildman–Crippen LogP) is 18.0. The van der Waals surface area contributed by atoms with Gasteiger partial charge in [0.25, 0.3) is 0 Å². The standard InChI is InChI=1S/C64H109O11P/c1-4-7-10-13-16-19-22-25-28-29-30-31-34-37-40-43-46-49-52-55-64(68)75-61(57-71-62(66)53-50-47-44-41-38-35-32-26-23-20-17-14-11-8-5-2)59-73-76(69,70)72-58-60(56-65)74-63(67)54-51-48-45-42-39-36-33-27-24-21-18-15-12-9-6-3/h9,12,16-21,25-28,32-33,39,42,60-61,65H,4-8,10-11,13-15,22-24,29-31,34-38,40-41,43-59H2,1-3H3,(H,69,70)/b12-9-,19-16-,20-17-,21-18-,28-25-,32-26-,33-27-,42-39-. The monoisotopic (exact) mass is 1080 g/mol. The van der Waals surface area contributed by atoms with E-state index in [-0.39, 0.29) is 25.9 Å². The van der Waals surface area contributed by atoms with Crippen LogP contribution in [-0.4, -0.2) is 66.5 Å². The number of allylic oxidation sites excluding steroid dienone is 16. The molecule has 0 fully saturated rings. The van der Waals surface area contributed by atoms with Crippen molar-refractivity contribution in [3.8, 4) is 0 Å². The van der Waals surface area contributed by atoms with Crippen LogP contribution in [0.2, 0.25) is 0 Å². The summed E-state index contributed by atoms with van der Waals surface area (Å²) in [5.41, 5.74) is 0. The number of phosphoric acid groups is 1. The quantitative estimate of drug-likeness (QED) is 0.0197. The Kier molecular flexibility index (Phi) is 54.8. The molecule has 0 bridgehead atoms. The van der Waals surface area contributed by atoms with Crippen molar-refractivity contribution in [2.45, 2.75) is 264 Å². The van der Waals surface area contributed by atoms with Gasteiger partial charge >= 0.3 is 25.7 Å². The molecule has 0 aromatic carbocycles. The van der Waals surface area contributed by atoms with Crippen molar-refractivity contribution in [2.24, 2.45) is 0 Å². The van der Waals surface area contributed by atoms with Crippen LogP contribution in [0.4, 0.5) is 0 Å². The molecule has 0 heterocycles. The van der Waals surface area contributed by atoms with Gasteiger partial charge in [0, 0.05) is 19.3 Å². The highest BCUT2D eigenvalue weighted by Crippen LogP contribution is 2.43. The number of rotatable bonds is 55. The van der Waals surface area contributed by atoms with Crippen LogP contribution in [0.3, 0.4) is 0 Å². The van der Waals surface area contributed by atoms with Crippen LogP contribution in [0.25, 0.3) is 0 Å². The maximum atomic E-state index is 12.9. The highest BCUT2D eigenvalue weighted by Gasteiger charge is 2.28. The number of aliphatic hydroxyl groups excluding tert-OH is 1. The molecule has 0 aromatic rings. The van der Waals surface area contributed by atoms with E-state index >= 15 is 0 Å². The predicted molar refractivity (Wildman–Crippen MR) is 316 cm³/mol. The van der Waals surface area contributed by atoms with Gasteiger partial charge in [-0.15, -0.1) is 0 Å². The normalized spacial score (nSPS) is 14.0. The lowest BCUT2D eigenvalue weighted by Gasteiger charge is -2.21. The number of aliphatic hydroxyl groups is 1. The van der Waals surface area contributed by atoms with E-state index in [2.05, 4.69) is 118 Å². The molecular weight excluding hydrogens is 976 g/mol. The van der Waals surface area contributed by atoms with Crippen molar-refractivity contribution >= 4 is 25.7 Å². The molecule has 0 radical (unpaired) electrons. The maximum Gasteiger partial charge on any atom is 0.472 e. The van der Waals surface area contributed by atoms with Crippen molar-refractivity contribution in [2.75, 3.05) is 26.4 Å². The van der Waals surface area contributed by atoms with Crippen molar-refractivity contribution in [3.05, 3.63) is 97.2 Å². The summed E-state index contributed by atoms with van der Waals surface area (Å²) in [6, 6.07) is 0. The lowest BCUT2D eigenvalue weighted by Crippen LogP contribution is -2.30. The summed E-state index contributed by atoms with van der Waals surface area (Å²) in [5.74, 6) is -1.53. The van der Waals surface area contributed by atoms with Gasteiger partial charge in [-0.3, -0.25) is 23.4 Å². The molecule has 0 aliphatic carbocycles. The van der Waals surface area contributed by atoms with Crippen LogP contribution < -0.4 is 0 Å². The van der Waals surface area contributed by atoms with Crippen molar-refractivity contribution in [1.29, 1.82) is 0 Å². The maximum absolute atomic E-state index is 12.9. The lowest BCUT2D eigenvalue weighted by atomic mass is 10.1. The summed E-state index contributed by atoms with van der Waals surface area (Å²) in [7, 11) is -4.77. The first-order valence-electron chi connectivity index (χ1n) is 30.1. The van der Waals surface area contributed by atoms with Crippen molar-refractivity contribution in [1.82, 2.24) is 0 Å². The minimum Gasteiger partial charge on any atom is -0.462 e. The summed E-state index contributed by atoms with van der Waals surface area (Å²) in [6.07, 6.45) is 67.9. The Labute approximate surface area is 463 Å². The number of hydrogen-bond donors (Lipinski definition) is 2. The van der Waals surface area contributed by atoms with Crippen molar-refractivity contribution < 1.29 is 52.2 Å². The molecule has 0 amide bonds. The van der Waals surface area contributed by atoms with Gasteiger partial charge in [0.15, 0.2) is 6.10 Å². The van der Waals surface area contributed by atoms with Gasteiger partial charge in [-0.25, -0.2) is 4.57 Å². The second-order valence-corrected chi connectivity index (χ2v) is 21.2. The second-order valence-electron chi connectivity index (χ2n) is 19.8. The van der Waals surface area contributed by atoms with Crippen LogP contribution in [0, 0.1) is 0 Å². The Morgan fingerprint density at radius 3 is 1.08 bits per heavy atom. The van der Waals surface area contributed by atoms with Gasteiger partial charge in [-0.2, -0.15) is 0 Å². The van der Waals surface area contributed by atoms with Crippen LogP contribution in [0.5, 0.6) is 0 Å². The molecule has 436 valence electrons. The first-order chi connectivity index (χ1) is 37.2. The summed E-state index contributed by atoms with van der Waals surface area (Å²) in [6.45, 7) is 4.42. The molecular formula is C64H109O11P. The number of unbranched alkanes of at least 4 members (excludes halogenated alkanes) is 22. The molecule has 0 aromatic heterocycles. The van der Waals surface area contributed by atoms with E-state index in [4.69, 9.17) is 23.3 Å². The Morgan fingerprint density at radius 1 is 0.382 bits per heavy atom. The molecule has 0 aliphatic rings. The minimum absolute atomic E-state index is 0.120. The largest absolute Gasteiger partial charge is 0.472 e. The van der Waals surface area contributed by atoms with E-state index in [0.29, 0.717) is 19.3 Å².